The molecule has 28 heavy (non-hydrogen) atoms. The maximum atomic E-state index is 12.7. The molecule has 0 amide bonds. The highest BCUT2D eigenvalue weighted by molar-refractivity contribution is 5.99. The van der Waals surface area contributed by atoms with Crippen LogP contribution in [0.1, 0.15) is 69.1 Å². The predicted octanol–water partition coefficient (Wildman–Crippen LogP) is 4.38. The number of pyridine rings is 2. The molecule has 1 aliphatic rings. The molecule has 4 rings (SSSR count). The van der Waals surface area contributed by atoms with Crippen LogP contribution in [-0.4, -0.2) is 25.9 Å². The minimum absolute atomic E-state index is 0.00414. The van der Waals surface area contributed by atoms with Crippen molar-refractivity contribution in [1.29, 1.82) is 0 Å². The second kappa shape index (κ2) is 7.84. The Labute approximate surface area is 168 Å². The fraction of sp³-hybridized carbons (Fsp3) is 0.318. The van der Waals surface area contributed by atoms with Crippen LogP contribution in [0.25, 0.3) is 0 Å². The van der Waals surface area contributed by atoms with E-state index >= 15 is 0 Å². The molecule has 0 saturated heterocycles. The lowest BCUT2D eigenvalue weighted by atomic mass is 10.1. The Balaban J connectivity index is 1.69. The Kier molecular flexibility index (Phi) is 4.16. The Morgan fingerprint density at radius 2 is 2.07 bits per heavy atom. The molecule has 0 atom stereocenters. The van der Waals surface area contributed by atoms with Crippen LogP contribution < -0.4 is 5.32 Å². The molecule has 6 heteroatoms. The minimum Gasteiger partial charge on any atom is -0.338 e. The quantitative estimate of drug-likeness (QED) is 0.616. The zero-order valence-corrected chi connectivity index (χ0v) is 15.6. The molecule has 3 aromatic heterocycles. The van der Waals surface area contributed by atoms with Gasteiger partial charge in [0.05, 0.1) is 11.4 Å². The van der Waals surface area contributed by atoms with Gasteiger partial charge in [-0.15, -0.1) is 5.10 Å². The summed E-state index contributed by atoms with van der Waals surface area (Å²) in [6.45, 7) is -0.398. The lowest BCUT2D eigenvalue weighted by Crippen LogP contribution is -2.11. The van der Waals surface area contributed by atoms with Gasteiger partial charge in [-0.05, 0) is 61.1 Å². The molecule has 3 aromatic rings. The number of Topliss-reactive ketones (excluding diaryl/α,β-unsaturated/α-hetero) is 1. The summed E-state index contributed by atoms with van der Waals surface area (Å²) in [6, 6.07) is 9.52. The van der Waals surface area contributed by atoms with E-state index in [1.54, 1.807) is 18.5 Å². The molecule has 0 aliphatic heterocycles. The number of aromatic nitrogens is 4. The highest BCUT2D eigenvalue weighted by Gasteiger charge is 2.27. The molecule has 3 heterocycles. The topological polar surface area (TPSA) is 80.7 Å². The first kappa shape index (κ1) is 14.9. The van der Waals surface area contributed by atoms with E-state index < -0.39 is 19.1 Å². The van der Waals surface area contributed by atoms with Gasteiger partial charge in [-0.3, -0.25) is 9.78 Å². The molecule has 6 nitrogen and oxygen atoms in total. The van der Waals surface area contributed by atoms with Crippen LogP contribution in [0.15, 0.2) is 42.7 Å². The smallest absolute Gasteiger partial charge is 0.184 e. The molecule has 0 spiro atoms. The van der Waals surface area contributed by atoms with Gasteiger partial charge in [0, 0.05) is 35.0 Å². The van der Waals surface area contributed by atoms with Crippen molar-refractivity contribution in [3.63, 3.8) is 0 Å². The van der Waals surface area contributed by atoms with Crippen LogP contribution in [0, 0.1) is 6.92 Å². The van der Waals surface area contributed by atoms with Gasteiger partial charge >= 0.3 is 0 Å². The number of carbonyl (C=O) groups excluding carboxylic acids is 1. The number of ketones is 1. The second-order valence-corrected chi connectivity index (χ2v) is 7.04. The van der Waals surface area contributed by atoms with Gasteiger partial charge in [-0.25, -0.2) is 4.98 Å². The molecule has 142 valence electrons. The summed E-state index contributed by atoms with van der Waals surface area (Å²) in [5.41, 5.74) is 4.03. The van der Waals surface area contributed by atoms with Crippen LogP contribution in [0.5, 0.6) is 0 Å². The fourth-order valence-corrected chi connectivity index (χ4v) is 3.16. The Morgan fingerprint density at radius 3 is 2.86 bits per heavy atom. The van der Waals surface area contributed by atoms with E-state index in [0.29, 0.717) is 29.5 Å². The van der Waals surface area contributed by atoms with Crippen molar-refractivity contribution in [1.82, 2.24) is 20.2 Å². The molecule has 1 fully saturated rings. The number of carbonyl (C=O) groups is 1. The third kappa shape index (κ3) is 4.06. The van der Waals surface area contributed by atoms with Gasteiger partial charge in [0.2, 0.25) is 0 Å². The van der Waals surface area contributed by atoms with Crippen molar-refractivity contribution >= 4 is 17.3 Å². The molecule has 1 N–H and O–H groups in total. The zero-order chi connectivity index (χ0) is 22.0. The van der Waals surface area contributed by atoms with Crippen LogP contribution in [0.3, 0.4) is 0 Å². The summed E-state index contributed by atoms with van der Waals surface area (Å²) in [5.74, 6) is 0.517. The maximum absolute atomic E-state index is 12.7. The van der Waals surface area contributed by atoms with Crippen molar-refractivity contribution in [3.05, 3.63) is 70.9 Å². The number of rotatable bonds is 7. The number of hydrogen-bond acceptors (Lipinski definition) is 6. The highest BCUT2D eigenvalue weighted by Crippen LogP contribution is 2.43. The molecular formula is C22H23N5O. The number of anilines is 2. The highest BCUT2D eigenvalue weighted by atomic mass is 16.1. The summed E-state index contributed by atoms with van der Waals surface area (Å²) in [4.78, 5) is 21.5. The van der Waals surface area contributed by atoms with Gasteiger partial charge in [0.25, 0.3) is 0 Å². The largest absolute Gasteiger partial charge is 0.338 e. The fourth-order valence-electron chi connectivity index (χ4n) is 3.16. The monoisotopic (exact) mass is 376 g/mol. The lowest BCUT2D eigenvalue weighted by molar-refractivity contribution is 0.0983. The van der Waals surface area contributed by atoms with E-state index in [1.807, 2.05) is 31.2 Å². The normalized spacial score (nSPS) is 15.4. The summed E-state index contributed by atoms with van der Waals surface area (Å²) in [5, 5.41) is 11.5. The maximum Gasteiger partial charge on any atom is 0.184 e. The van der Waals surface area contributed by atoms with Crippen molar-refractivity contribution < 1.29 is 8.91 Å². The number of nitrogens with zero attached hydrogens (tertiary/aromatic N) is 4. The van der Waals surface area contributed by atoms with E-state index in [9.17, 15) is 4.79 Å². The zero-order valence-electron chi connectivity index (χ0n) is 18.6. The van der Waals surface area contributed by atoms with Crippen LogP contribution in [0.2, 0.25) is 0 Å². The Bertz CT molecular complexity index is 1110. The van der Waals surface area contributed by atoms with Gasteiger partial charge in [0.15, 0.2) is 11.5 Å². The first-order chi connectivity index (χ1) is 14.8. The summed E-state index contributed by atoms with van der Waals surface area (Å²) in [7, 11) is 0. The first-order valence-electron chi connectivity index (χ1n) is 10.8. The third-order valence-corrected chi connectivity index (χ3v) is 4.71. The van der Waals surface area contributed by atoms with E-state index in [0.717, 1.165) is 29.7 Å². The average Bonchev–Trinajstić information content (AvgIpc) is 3.52. The molecule has 0 radical (unpaired) electrons. The van der Waals surface area contributed by atoms with Crippen LogP contribution >= 0.6 is 0 Å². The Hall–Kier alpha value is -3.15. The summed E-state index contributed by atoms with van der Waals surface area (Å²) < 4.78 is 22.3. The van der Waals surface area contributed by atoms with Gasteiger partial charge in [0.1, 0.15) is 5.82 Å². The van der Waals surface area contributed by atoms with Gasteiger partial charge in [-0.2, -0.15) is 5.10 Å². The van der Waals surface area contributed by atoms with Gasteiger partial charge < -0.3 is 5.32 Å². The van der Waals surface area contributed by atoms with Crippen molar-refractivity contribution in [2.45, 2.75) is 45.4 Å². The average molecular weight is 376 g/mol. The number of nitrogens with one attached hydrogen (secondary N) is 1. The van der Waals surface area contributed by atoms with Gasteiger partial charge in [-0.1, -0.05) is 12.9 Å². The second-order valence-electron chi connectivity index (χ2n) is 7.04. The molecule has 0 bridgehead atoms. The van der Waals surface area contributed by atoms with Crippen LogP contribution in [0.4, 0.5) is 11.5 Å². The summed E-state index contributed by atoms with van der Waals surface area (Å²) in [6.07, 6.45) is 5.46. The van der Waals surface area contributed by atoms with E-state index in [4.69, 9.17) is 4.11 Å². The minimum atomic E-state index is -2.38. The number of hydrogen-bond donors (Lipinski definition) is 1. The van der Waals surface area contributed by atoms with E-state index in [1.165, 1.54) is 0 Å². The van der Waals surface area contributed by atoms with Crippen molar-refractivity contribution in [3.8, 4) is 0 Å². The molecule has 0 unspecified atom stereocenters. The molecule has 1 saturated carbocycles. The predicted molar refractivity (Wildman–Crippen MR) is 108 cm³/mol. The molecule has 1 aliphatic carbocycles. The Morgan fingerprint density at radius 1 is 1.18 bits per heavy atom. The lowest BCUT2D eigenvalue weighted by Gasteiger charge is -2.13. The third-order valence-electron chi connectivity index (χ3n) is 4.71. The standard InChI is InChI=1S/C22H23N5O/c1-3-20(28)21-19(25-22-18(15-6-7-15)5-4-9-24-22)13-17(26-27-21)12-16-11-14(2)8-10-23-16/h4-5,8-11,13,15H,3,6-7,12H2,1-2H3,(H,24,25,26)/i1D3. The number of aryl methyl sites for hydroxylation is 1. The summed E-state index contributed by atoms with van der Waals surface area (Å²) >= 11 is 0. The van der Waals surface area contributed by atoms with Crippen LogP contribution in [-0.2, 0) is 6.42 Å². The molecule has 0 aromatic carbocycles. The first-order valence-corrected chi connectivity index (χ1v) is 9.32. The van der Waals surface area contributed by atoms with Crippen molar-refractivity contribution in [2.24, 2.45) is 0 Å². The molecular weight excluding hydrogens is 350 g/mol. The van der Waals surface area contributed by atoms with E-state index in [2.05, 4.69) is 25.5 Å². The SMILES string of the molecule is [2H]C([2H])([2H])CC(=O)c1nnc(Cc2cc(C)ccn2)cc1Nc1ncccc1C1CC1. The van der Waals surface area contributed by atoms with E-state index in [-0.39, 0.29) is 5.69 Å². The van der Waals surface area contributed by atoms with Crippen molar-refractivity contribution in [2.75, 3.05) is 5.32 Å².